The zero-order chi connectivity index (χ0) is 24.5. The molecule has 5 aromatic rings. The molecule has 1 fully saturated rings. The highest BCUT2D eigenvalue weighted by Crippen LogP contribution is 2.25. The quantitative estimate of drug-likeness (QED) is 0.300. The van der Waals surface area contributed by atoms with Gasteiger partial charge >= 0.3 is 0 Å². The predicted molar refractivity (Wildman–Crippen MR) is 134 cm³/mol. The third kappa shape index (κ3) is 4.23. The number of hydrogen-bond acceptors (Lipinski definition) is 7. The number of nitriles is 1. The van der Waals surface area contributed by atoms with Gasteiger partial charge in [0.05, 0.1) is 30.3 Å². The first-order valence-corrected chi connectivity index (χ1v) is 11.6. The average Bonchev–Trinajstić information content (AvgIpc) is 3.55. The molecule has 1 aliphatic rings. The minimum Gasteiger partial charge on any atom is -0.380 e. The van der Waals surface area contributed by atoms with Crippen molar-refractivity contribution >= 4 is 39.2 Å². The molecule has 6 rings (SSSR count). The van der Waals surface area contributed by atoms with Crippen LogP contribution in [-0.2, 0) is 4.74 Å². The Labute approximate surface area is 205 Å². The molecular formula is C26H22N8O2. The highest BCUT2D eigenvalue weighted by molar-refractivity contribution is 5.99. The molecule has 2 aromatic carbocycles. The maximum absolute atomic E-state index is 12.9. The van der Waals surface area contributed by atoms with Crippen molar-refractivity contribution in [1.82, 2.24) is 30.5 Å². The fourth-order valence-electron chi connectivity index (χ4n) is 4.41. The number of aromatic nitrogens is 5. The maximum atomic E-state index is 12.9. The van der Waals surface area contributed by atoms with Crippen LogP contribution in [0.1, 0.15) is 16.9 Å². The van der Waals surface area contributed by atoms with Gasteiger partial charge in [0.25, 0.3) is 5.91 Å². The van der Waals surface area contributed by atoms with Crippen molar-refractivity contribution < 1.29 is 9.53 Å². The summed E-state index contributed by atoms with van der Waals surface area (Å²) in [5.74, 6) is 0.638. The first kappa shape index (κ1) is 21.8. The van der Waals surface area contributed by atoms with E-state index in [2.05, 4.69) is 41.9 Å². The number of anilines is 2. The van der Waals surface area contributed by atoms with Crippen molar-refractivity contribution in [3.63, 3.8) is 0 Å². The summed E-state index contributed by atoms with van der Waals surface area (Å²) < 4.78 is 5.35. The van der Waals surface area contributed by atoms with Crippen LogP contribution in [0.25, 0.3) is 33.2 Å². The number of amides is 1. The molecule has 2 unspecified atom stereocenters. The average molecular weight is 479 g/mol. The van der Waals surface area contributed by atoms with E-state index in [9.17, 15) is 10.1 Å². The summed E-state index contributed by atoms with van der Waals surface area (Å²) in [6.45, 7) is 0.869. The molecule has 1 saturated heterocycles. The topological polar surface area (TPSA) is 144 Å². The van der Waals surface area contributed by atoms with Crippen molar-refractivity contribution in [1.29, 1.82) is 5.26 Å². The minimum absolute atomic E-state index is 0.226. The third-order valence-electron chi connectivity index (χ3n) is 6.33. The Kier molecular flexibility index (Phi) is 5.52. The van der Waals surface area contributed by atoms with Crippen LogP contribution in [0.2, 0.25) is 0 Å². The van der Waals surface area contributed by atoms with E-state index in [4.69, 9.17) is 4.74 Å². The molecule has 1 aliphatic heterocycles. The van der Waals surface area contributed by atoms with Gasteiger partial charge in [-0.2, -0.15) is 10.4 Å². The fourth-order valence-corrected chi connectivity index (χ4v) is 4.41. The van der Waals surface area contributed by atoms with Crippen molar-refractivity contribution in [2.75, 3.05) is 18.5 Å². The van der Waals surface area contributed by atoms with E-state index in [1.807, 2.05) is 42.5 Å². The Balaban J connectivity index is 1.22. The monoisotopic (exact) mass is 478 g/mol. The van der Waals surface area contributed by atoms with Crippen molar-refractivity contribution in [3.05, 3.63) is 66.6 Å². The number of benzene rings is 2. The molecule has 0 aliphatic carbocycles. The summed E-state index contributed by atoms with van der Waals surface area (Å²) in [4.78, 5) is 25.1. The Morgan fingerprint density at radius 3 is 2.97 bits per heavy atom. The van der Waals surface area contributed by atoms with E-state index in [-0.39, 0.29) is 17.9 Å². The lowest BCUT2D eigenvalue weighted by Crippen LogP contribution is -2.45. The number of carbonyl (C=O) groups is 1. The van der Waals surface area contributed by atoms with Crippen LogP contribution in [0.5, 0.6) is 0 Å². The standard InChI is InChI=1S/C26H22N8O2/c27-12-18-14-36-8-6-20(18)32-26(35)23-10-15-1-2-16(11-22(15)31-23)25-28-7-5-24(33-25)30-19-3-4-21-17(9-19)13-29-34-21/h1-5,7,9-11,13,18,20,31H,6,8,14H2,(H,29,34)(H,32,35)(H,28,30,33). The molecule has 0 radical (unpaired) electrons. The number of H-pyrrole nitrogens is 2. The van der Waals surface area contributed by atoms with Gasteiger partial charge in [0.2, 0.25) is 0 Å². The van der Waals surface area contributed by atoms with Gasteiger partial charge < -0.3 is 20.4 Å². The first-order valence-electron chi connectivity index (χ1n) is 11.6. The van der Waals surface area contributed by atoms with Gasteiger partial charge in [-0.15, -0.1) is 0 Å². The zero-order valence-electron chi connectivity index (χ0n) is 19.2. The van der Waals surface area contributed by atoms with Gasteiger partial charge in [0, 0.05) is 46.4 Å². The fraction of sp³-hybridized carbons (Fsp3) is 0.192. The summed E-state index contributed by atoms with van der Waals surface area (Å²) in [6, 6.07) is 17.3. The third-order valence-corrected chi connectivity index (χ3v) is 6.33. The van der Waals surface area contributed by atoms with E-state index >= 15 is 0 Å². The van der Waals surface area contributed by atoms with Gasteiger partial charge in [-0.25, -0.2) is 9.97 Å². The summed E-state index contributed by atoms with van der Waals surface area (Å²) in [6.07, 6.45) is 4.10. The molecule has 10 nitrogen and oxygen atoms in total. The van der Waals surface area contributed by atoms with Crippen LogP contribution in [0, 0.1) is 17.2 Å². The molecule has 2 atom stereocenters. The summed E-state index contributed by atoms with van der Waals surface area (Å²) in [5, 5.41) is 24.5. The lowest BCUT2D eigenvalue weighted by atomic mass is 9.97. The number of aromatic amines is 2. The molecule has 10 heteroatoms. The lowest BCUT2D eigenvalue weighted by Gasteiger charge is -2.27. The highest BCUT2D eigenvalue weighted by atomic mass is 16.5. The molecule has 3 aromatic heterocycles. The molecule has 4 N–H and O–H groups in total. The second-order valence-electron chi connectivity index (χ2n) is 8.73. The normalized spacial score (nSPS) is 17.6. The summed E-state index contributed by atoms with van der Waals surface area (Å²) >= 11 is 0. The van der Waals surface area contributed by atoms with Crippen LogP contribution in [0.15, 0.2) is 60.9 Å². The van der Waals surface area contributed by atoms with Crippen LogP contribution >= 0.6 is 0 Å². The Bertz CT molecular complexity index is 1620. The van der Waals surface area contributed by atoms with Gasteiger partial charge in [-0.05, 0) is 42.8 Å². The first-order chi connectivity index (χ1) is 17.7. The number of fused-ring (bicyclic) bond motifs is 2. The highest BCUT2D eigenvalue weighted by Gasteiger charge is 2.27. The smallest absolute Gasteiger partial charge is 0.267 e. The van der Waals surface area contributed by atoms with Crippen molar-refractivity contribution in [2.45, 2.75) is 12.5 Å². The van der Waals surface area contributed by atoms with Crippen LogP contribution in [0.4, 0.5) is 11.5 Å². The second-order valence-corrected chi connectivity index (χ2v) is 8.73. The van der Waals surface area contributed by atoms with E-state index in [1.54, 1.807) is 18.5 Å². The molecule has 4 heterocycles. The van der Waals surface area contributed by atoms with Gasteiger partial charge in [-0.1, -0.05) is 12.1 Å². The SMILES string of the molecule is N#CC1COCCC1NC(=O)c1cc2ccc(-c3nccc(Nc4ccc5[nH]ncc5c4)n3)cc2[nH]1. The van der Waals surface area contributed by atoms with Crippen molar-refractivity contribution in [2.24, 2.45) is 5.92 Å². The predicted octanol–water partition coefficient (Wildman–Crippen LogP) is 3.90. The Morgan fingerprint density at radius 1 is 1.11 bits per heavy atom. The molecule has 0 bridgehead atoms. The molecule has 0 saturated carbocycles. The number of rotatable bonds is 5. The number of ether oxygens (including phenoxy) is 1. The van der Waals surface area contributed by atoms with E-state index < -0.39 is 0 Å². The Hall–Kier alpha value is -4.75. The van der Waals surface area contributed by atoms with E-state index in [0.29, 0.717) is 37.0 Å². The van der Waals surface area contributed by atoms with Gasteiger partial charge in [0.15, 0.2) is 5.82 Å². The minimum atomic E-state index is -0.349. The van der Waals surface area contributed by atoms with Crippen molar-refractivity contribution in [3.8, 4) is 17.5 Å². The van der Waals surface area contributed by atoms with Crippen LogP contribution in [0.3, 0.4) is 0 Å². The Morgan fingerprint density at radius 2 is 2.06 bits per heavy atom. The number of nitrogens with one attached hydrogen (secondary N) is 4. The molecule has 0 spiro atoms. The van der Waals surface area contributed by atoms with Gasteiger partial charge in [0.1, 0.15) is 11.5 Å². The maximum Gasteiger partial charge on any atom is 0.267 e. The van der Waals surface area contributed by atoms with Crippen LogP contribution < -0.4 is 10.6 Å². The molecule has 178 valence electrons. The lowest BCUT2D eigenvalue weighted by molar-refractivity contribution is 0.0487. The van der Waals surface area contributed by atoms with Crippen LogP contribution in [-0.4, -0.2) is 50.3 Å². The number of carbonyl (C=O) groups excluding carboxylic acids is 1. The zero-order valence-corrected chi connectivity index (χ0v) is 19.2. The van der Waals surface area contributed by atoms with Gasteiger partial charge in [-0.3, -0.25) is 9.89 Å². The largest absolute Gasteiger partial charge is 0.380 e. The molecule has 36 heavy (non-hydrogen) atoms. The number of nitrogens with zero attached hydrogens (tertiary/aromatic N) is 4. The van der Waals surface area contributed by atoms with E-state index in [1.165, 1.54) is 0 Å². The number of hydrogen-bond donors (Lipinski definition) is 4. The molecule has 1 amide bonds. The summed E-state index contributed by atoms with van der Waals surface area (Å²) in [5.41, 5.74) is 3.92. The van der Waals surface area contributed by atoms with E-state index in [0.717, 1.165) is 33.1 Å². The summed E-state index contributed by atoms with van der Waals surface area (Å²) in [7, 11) is 0. The molecular weight excluding hydrogens is 456 g/mol. The second kappa shape index (κ2) is 9.13.